The molecule has 2 amide bonds. The molecule has 2 aromatic carbocycles. The normalized spacial score (nSPS) is 10.5. The highest BCUT2D eigenvalue weighted by Crippen LogP contribution is 2.30. The Morgan fingerprint density at radius 3 is 2.74 bits per heavy atom. The van der Waals surface area contributed by atoms with Crippen molar-refractivity contribution in [3.05, 3.63) is 58.9 Å². The van der Waals surface area contributed by atoms with Gasteiger partial charge in [-0.05, 0) is 24.6 Å². The van der Waals surface area contributed by atoms with Crippen LogP contribution in [0.15, 0.2) is 53.9 Å². The van der Waals surface area contributed by atoms with Gasteiger partial charge in [-0.3, -0.25) is 4.90 Å². The summed E-state index contributed by atoms with van der Waals surface area (Å²) in [5, 5.41) is 6.01. The maximum atomic E-state index is 12.9. The van der Waals surface area contributed by atoms with E-state index in [1.807, 2.05) is 42.6 Å². The summed E-state index contributed by atoms with van der Waals surface area (Å²) in [6.45, 7) is 2.57. The number of benzene rings is 2. The second kappa shape index (κ2) is 8.88. The van der Waals surface area contributed by atoms with Crippen LogP contribution in [0.25, 0.3) is 11.3 Å². The summed E-state index contributed by atoms with van der Waals surface area (Å²) in [4.78, 5) is 19.2. The Hall–Kier alpha value is -2.57. The Labute approximate surface area is 167 Å². The smallest absolute Gasteiger partial charge is 0.328 e. The number of methoxy groups -OCH3 is 1. The van der Waals surface area contributed by atoms with Gasteiger partial charge in [-0.25, -0.2) is 9.78 Å². The third-order valence-corrected chi connectivity index (χ3v) is 4.99. The molecule has 0 unspecified atom stereocenters. The van der Waals surface area contributed by atoms with Crippen LogP contribution < -0.4 is 15.0 Å². The third-order valence-electron chi connectivity index (χ3n) is 3.89. The van der Waals surface area contributed by atoms with Gasteiger partial charge in [0.05, 0.1) is 18.5 Å². The fourth-order valence-electron chi connectivity index (χ4n) is 2.60. The van der Waals surface area contributed by atoms with E-state index in [9.17, 15) is 4.79 Å². The second-order valence-electron chi connectivity index (χ2n) is 5.81. The lowest BCUT2D eigenvalue weighted by molar-refractivity contribution is 0.256. The van der Waals surface area contributed by atoms with Crippen LogP contribution in [0, 0.1) is 0 Å². The largest absolute Gasteiger partial charge is 0.495 e. The van der Waals surface area contributed by atoms with Crippen LogP contribution >= 0.6 is 22.9 Å². The number of nitrogens with one attached hydrogen (secondary N) is 1. The minimum atomic E-state index is -0.272. The number of halogens is 1. The summed E-state index contributed by atoms with van der Waals surface area (Å²) in [6, 6.07) is 14.7. The molecular formula is C20H20ClN3O2S. The van der Waals surface area contributed by atoms with E-state index in [0.29, 0.717) is 28.1 Å². The van der Waals surface area contributed by atoms with Crippen LogP contribution in [0.5, 0.6) is 5.75 Å². The van der Waals surface area contributed by atoms with E-state index in [-0.39, 0.29) is 6.03 Å². The Bertz CT molecular complexity index is 915. The second-order valence-corrected chi connectivity index (χ2v) is 7.08. The van der Waals surface area contributed by atoms with Gasteiger partial charge in [-0.15, -0.1) is 11.3 Å². The first-order valence-corrected chi connectivity index (χ1v) is 9.81. The van der Waals surface area contributed by atoms with E-state index in [4.69, 9.17) is 16.3 Å². The number of anilines is 2. The van der Waals surface area contributed by atoms with Crippen LogP contribution in [0.1, 0.15) is 13.3 Å². The first-order valence-electron chi connectivity index (χ1n) is 8.55. The highest BCUT2D eigenvalue weighted by Gasteiger charge is 2.20. The van der Waals surface area contributed by atoms with Crippen molar-refractivity contribution in [3.63, 3.8) is 0 Å². The van der Waals surface area contributed by atoms with E-state index < -0.39 is 0 Å². The SMILES string of the molecule is CCCN(C(=O)Nc1cc(Cl)ccc1OC)c1nc(-c2ccccc2)cs1. The molecule has 7 heteroatoms. The molecule has 0 spiro atoms. The zero-order valence-corrected chi connectivity index (χ0v) is 16.7. The molecule has 0 atom stereocenters. The van der Waals surface area contributed by atoms with Gasteiger partial charge >= 0.3 is 6.03 Å². The Kier molecular flexibility index (Phi) is 6.32. The summed E-state index contributed by atoms with van der Waals surface area (Å²) in [6.07, 6.45) is 0.806. The number of amides is 2. The number of urea groups is 1. The van der Waals surface area contributed by atoms with Gasteiger partial charge in [-0.1, -0.05) is 48.9 Å². The number of hydrogen-bond donors (Lipinski definition) is 1. The van der Waals surface area contributed by atoms with Crippen LogP contribution in [0.2, 0.25) is 5.02 Å². The van der Waals surface area contributed by atoms with Crippen molar-refractivity contribution >= 4 is 39.8 Å². The van der Waals surface area contributed by atoms with Gasteiger partial charge in [-0.2, -0.15) is 0 Å². The van der Waals surface area contributed by atoms with Gasteiger partial charge < -0.3 is 10.1 Å². The summed E-state index contributed by atoms with van der Waals surface area (Å²) < 4.78 is 5.30. The van der Waals surface area contributed by atoms with Crippen molar-refractivity contribution in [2.45, 2.75) is 13.3 Å². The lowest BCUT2D eigenvalue weighted by Crippen LogP contribution is -2.35. The molecular weight excluding hydrogens is 382 g/mol. The van der Waals surface area contributed by atoms with E-state index in [1.165, 1.54) is 11.3 Å². The maximum Gasteiger partial charge on any atom is 0.328 e. The van der Waals surface area contributed by atoms with Crippen molar-refractivity contribution in [1.82, 2.24) is 4.98 Å². The van der Waals surface area contributed by atoms with E-state index in [1.54, 1.807) is 30.2 Å². The molecule has 140 valence electrons. The van der Waals surface area contributed by atoms with Crippen LogP contribution in [-0.4, -0.2) is 24.7 Å². The molecule has 0 saturated heterocycles. The molecule has 5 nitrogen and oxygen atoms in total. The van der Waals surface area contributed by atoms with Crippen molar-refractivity contribution in [2.24, 2.45) is 0 Å². The predicted octanol–water partition coefficient (Wildman–Crippen LogP) is 5.92. The average molecular weight is 402 g/mol. The summed E-state index contributed by atoms with van der Waals surface area (Å²) in [5.74, 6) is 0.549. The first kappa shape index (κ1) is 19.2. The number of ether oxygens (including phenoxy) is 1. The highest BCUT2D eigenvalue weighted by molar-refractivity contribution is 7.14. The van der Waals surface area contributed by atoms with E-state index in [2.05, 4.69) is 10.3 Å². The zero-order chi connectivity index (χ0) is 19.2. The Morgan fingerprint density at radius 2 is 2.04 bits per heavy atom. The lowest BCUT2D eigenvalue weighted by atomic mass is 10.2. The maximum absolute atomic E-state index is 12.9. The monoisotopic (exact) mass is 401 g/mol. The molecule has 1 heterocycles. The summed E-state index contributed by atoms with van der Waals surface area (Å²) in [7, 11) is 1.55. The predicted molar refractivity (Wildman–Crippen MR) is 112 cm³/mol. The van der Waals surface area contributed by atoms with E-state index in [0.717, 1.165) is 17.7 Å². The fraction of sp³-hybridized carbons (Fsp3) is 0.200. The molecule has 0 fully saturated rings. The average Bonchev–Trinajstić information content (AvgIpc) is 3.16. The summed E-state index contributed by atoms with van der Waals surface area (Å²) in [5.41, 5.74) is 2.40. The highest BCUT2D eigenvalue weighted by atomic mass is 35.5. The van der Waals surface area contributed by atoms with Crippen LogP contribution in [0.4, 0.5) is 15.6 Å². The van der Waals surface area contributed by atoms with Crippen LogP contribution in [-0.2, 0) is 0 Å². The van der Waals surface area contributed by atoms with Gasteiger partial charge in [0.25, 0.3) is 0 Å². The third kappa shape index (κ3) is 4.59. The number of carbonyl (C=O) groups excluding carboxylic acids is 1. The van der Waals surface area contributed by atoms with Gasteiger partial charge in [0.1, 0.15) is 5.75 Å². The number of rotatable bonds is 6. The van der Waals surface area contributed by atoms with Gasteiger partial charge in [0, 0.05) is 22.5 Å². The molecule has 3 rings (SSSR count). The minimum absolute atomic E-state index is 0.272. The van der Waals surface area contributed by atoms with Crippen molar-refractivity contribution in [3.8, 4) is 17.0 Å². The number of aromatic nitrogens is 1. The zero-order valence-electron chi connectivity index (χ0n) is 15.1. The Balaban J connectivity index is 1.84. The van der Waals surface area contributed by atoms with Gasteiger partial charge in [0.15, 0.2) is 5.13 Å². The van der Waals surface area contributed by atoms with Crippen LogP contribution in [0.3, 0.4) is 0 Å². The number of hydrogen-bond acceptors (Lipinski definition) is 4. The van der Waals surface area contributed by atoms with Crippen molar-refractivity contribution in [1.29, 1.82) is 0 Å². The molecule has 0 aliphatic carbocycles. The molecule has 1 N–H and O–H groups in total. The number of thiazole rings is 1. The molecule has 0 bridgehead atoms. The molecule has 3 aromatic rings. The minimum Gasteiger partial charge on any atom is -0.495 e. The number of carbonyl (C=O) groups is 1. The topological polar surface area (TPSA) is 54.5 Å². The first-order chi connectivity index (χ1) is 13.1. The quantitative estimate of drug-likeness (QED) is 0.557. The lowest BCUT2D eigenvalue weighted by Gasteiger charge is -2.20. The number of nitrogens with zero attached hydrogens (tertiary/aromatic N) is 2. The molecule has 0 aliphatic heterocycles. The molecule has 1 aromatic heterocycles. The molecule has 0 aliphatic rings. The molecule has 27 heavy (non-hydrogen) atoms. The Morgan fingerprint density at radius 1 is 1.26 bits per heavy atom. The molecule has 0 radical (unpaired) electrons. The molecule has 0 saturated carbocycles. The van der Waals surface area contributed by atoms with Crippen molar-refractivity contribution in [2.75, 3.05) is 23.9 Å². The van der Waals surface area contributed by atoms with E-state index >= 15 is 0 Å². The fourth-order valence-corrected chi connectivity index (χ4v) is 3.63. The summed E-state index contributed by atoms with van der Waals surface area (Å²) >= 11 is 7.50. The van der Waals surface area contributed by atoms with Gasteiger partial charge in [0.2, 0.25) is 0 Å². The van der Waals surface area contributed by atoms with Crippen molar-refractivity contribution < 1.29 is 9.53 Å². The standard InChI is InChI=1S/C20H20ClN3O2S/c1-3-11-24(19(25)22-16-12-15(21)9-10-18(16)26-2)20-23-17(13-27-20)14-7-5-4-6-8-14/h4-10,12-13H,3,11H2,1-2H3,(H,22,25).